The van der Waals surface area contributed by atoms with Gasteiger partial charge in [-0.15, -0.1) is 0 Å². The van der Waals surface area contributed by atoms with Gasteiger partial charge >= 0.3 is 5.97 Å². The number of halogens is 1. The third-order valence-electron chi connectivity index (χ3n) is 4.58. The minimum atomic E-state index is -3.78. The van der Waals surface area contributed by atoms with Gasteiger partial charge in [0, 0.05) is 12.1 Å². The number of nitrogens with one attached hydrogen (secondary N) is 1. The van der Waals surface area contributed by atoms with Crippen LogP contribution in [0.5, 0.6) is 5.75 Å². The van der Waals surface area contributed by atoms with Crippen LogP contribution in [-0.2, 0) is 21.4 Å². The average Bonchev–Trinajstić information content (AvgIpc) is 2.76. The lowest BCUT2D eigenvalue weighted by atomic mass is 10.00. The Morgan fingerprint density at radius 1 is 1.16 bits per heavy atom. The molecule has 0 aliphatic carbocycles. The Morgan fingerprint density at radius 2 is 1.91 bits per heavy atom. The number of carbonyl (C=O) groups is 1. The molecule has 3 rings (SSSR count). The monoisotopic (exact) mass is 454 g/mol. The standard InChI is InChI=1S/C23H19FN2O5S/c1-15-4-2-3-5-22(15)32(29,30)26-13-16-6-7-21(31-14-23(27)28)20(10-16)18-8-17(12-25)9-19(24)11-18/h2-11,26H,13-14H2,1H3,(H,27,28). The number of ether oxygens (including phenoxy) is 1. The van der Waals surface area contributed by atoms with Crippen molar-refractivity contribution in [1.82, 2.24) is 4.72 Å². The maximum atomic E-state index is 14.0. The van der Waals surface area contributed by atoms with Crippen molar-refractivity contribution in [3.63, 3.8) is 0 Å². The molecule has 0 spiro atoms. The summed E-state index contributed by atoms with van der Waals surface area (Å²) < 4.78 is 47.2. The van der Waals surface area contributed by atoms with Crippen molar-refractivity contribution in [2.45, 2.75) is 18.4 Å². The summed E-state index contributed by atoms with van der Waals surface area (Å²) in [7, 11) is -3.78. The fourth-order valence-electron chi connectivity index (χ4n) is 3.10. The first-order valence-electron chi connectivity index (χ1n) is 9.43. The number of carboxylic acids is 1. The van der Waals surface area contributed by atoms with Gasteiger partial charge in [-0.05, 0) is 60.0 Å². The van der Waals surface area contributed by atoms with Gasteiger partial charge in [0.1, 0.15) is 11.6 Å². The molecule has 0 fully saturated rings. The summed E-state index contributed by atoms with van der Waals surface area (Å²) >= 11 is 0. The van der Waals surface area contributed by atoms with Crippen molar-refractivity contribution in [1.29, 1.82) is 5.26 Å². The lowest BCUT2D eigenvalue weighted by Crippen LogP contribution is -2.24. The molecule has 2 N–H and O–H groups in total. The van der Waals surface area contributed by atoms with Gasteiger partial charge in [-0.3, -0.25) is 0 Å². The van der Waals surface area contributed by atoms with E-state index in [1.54, 1.807) is 37.3 Å². The van der Waals surface area contributed by atoms with E-state index in [0.29, 0.717) is 22.3 Å². The summed E-state index contributed by atoms with van der Waals surface area (Å²) in [4.78, 5) is 11.1. The highest BCUT2D eigenvalue weighted by atomic mass is 32.2. The summed E-state index contributed by atoms with van der Waals surface area (Å²) in [5.41, 5.74) is 1.83. The van der Waals surface area contributed by atoms with E-state index in [1.165, 1.54) is 24.3 Å². The van der Waals surface area contributed by atoms with Crippen LogP contribution in [-0.4, -0.2) is 26.1 Å². The van der Waals surface area contributed by atoms with Crippen LogP contribution in [0.1, 0.15) is 16.7 Å². The van der Waals surface area contributed by atoms with Crippen molar-refractivity contribution >= 4 is 16.0 Å². The van der Waals surface area contributed by atoms with E-state index in [9.17, 15) is 17.6 Å². The molecular formula is C23H19FN2O5S. The van der Waals surface area contributed by atoms with Gasteiger partial charge in [0.15, 0.2) is 6.61 Å². The lowest BCUT2D eigenvalue weighted by Gasteiger charge is -2.14. The van der Waals surface area contributed by atoms with Gasteiger partial charge in [0.25, 0.3) is 0 Å². The molecule has 0 aromatic heterocycles. The zero-order valence-electron chi connectivity index (χ0n) is 17.0. The van der Waals surface area contributed by atoms with Gasteiger partial charge in [-0.2, -0.15) is 5.26 Å². The molecule has 0 heterocycles. The molecule has 0 atom stereocenters. The highest BCUT2D eigenvalue weighted by Gasteiger charge is 2.17. The van der Waals surface area contributed by atoms with E-state index < -0.39 is 28.4 Å². The van der Waals surface area contributed by atoms with Gasteiger partial charge in [0.05, 0.1) is 16.5 Å². The number of rotatable bonds is 8. The third kappa shape index (κ3) is 5.49. The van der Waals surface area contributed by atoms with E-state index in [-0.39, 0.29) is 22.8 Å². The second kappa shape index (κ2) is 9.60. The van der Waals surface area contributed by atoms with Gasteiger partial charge in [-0.25, -0.2) is 22.3 Å². The minimum Gasteiger partial charge on any atom is -0.481 e. The molecule has 3 aromatic carbocycles. The molecule has 3 aromatic rings. The topological polar surface area (TPSA) is 116 Å². The maximum Gasteiger partial charge on any atom is 0.341 e. The van der Waals surface area contributed by atoms with Crippen molar-refractivity contribution in [2.75, 3.05) is 6.61 Å². The van der Waals surface area contributed by atoms with Crippen molar-refractivity contribution in [3.8, 4) is 22.9 Å². The Kier molecular flexibility index (Phi) is 6.88. The molecule has 0 bridgehead atoms. The van der Waals surface area contributed by atoms with Crippen LogP contribution < -0.4 is 9.46 Å². The average molecular weight is 454 g/mol. The molecule has 0 amide bonds. The molecular weight excluding hydrogens is 435 g/mol. The van der Waals surface area contributed by atoms with Crippen LogP contribution in [0.15, 0.2) is 65.6 Å². The lowest BCUT2D eigenvalue weighted by molar-refractivity contribution is -0.139. The molecule has 0 saturated carbocycles. The molecule has 0 saturated heterocycles. The summed E-state index contributed by atoms with van der Waals surface area (Å²) in [5.74, 6) is -1.68. The van der Waals surface area contributed by atoms with Gasteiger partial charge in [0.2, 0.25) is 10.0 Å². The highest BCUT2D eigenvalue weighted by molar-refractivity contribution is 7.89. The highest BCUT2D eigenvalue weighted by Crippen LogP contribution is 2.32. The van der Waals surface area contributed by atoms with Crippen LogP contribution in [0.3, 0.4) is 0 Å². The van der Waals surface area contributed by atoms with Gasteiger partial charge < -0.3 is 9.84 Å². The third-order valence-corrected chi connectivity index (χ3v) is 6.14. The van der Waals surface area contributed by atoms with Crippen molar-refractivity contribution in [2.24, 2.45) is 0 Å². The summed E-state index contributed by atoms with van der Waals surface area (Å²) in [5, 5.41) is 18.1. The predicted molar refractivity (Wildman–Crippen MR) is 115 cm³/mol. The molecule has 32 heavy (non-hydrogen) atoms. The number of hydrogen-bond donors (Lipinski definition) is 2. The second-order valence-electron chi connectivity index (χ2n) is 6.94. The number of aryl methyl sites for hydroxylation is 1. The van der Waals surface area contributed by atoms with Crippen molar-refractivity contribution < 1.29 is 27.4 Å². The number of nitrogens with zero attached hydrogens (tertiary/aromatic N) is 1. The first-order chi connectivity index (χ1) is 15.2. The van der Waals surface area contributed by atoms with Crippen LogP contribution in [0.4, 0.5) is 4.39 Å². The minimum absolute atomic E-state index is 0.0662. The largest absolute Gasteiger partial charge is 0.481 e. The fraction of sp³-hybridized carbons (Fsp3) is 0.130. The zero-order chi connectivity index (χ0) is 23.3. The smallest absolute Gasteiger partial charge is 0.341 e. The number of benzene rings is 3. The van der Waals surface area contributed by atoms with E-state index in [1.807, 2.05) is 6.07 Å². The van der Waals surface area contributed by atoms with Crippen molar-refractivity contribution in [3.05, 3.63) is 83.2 Å². The molecule has 164 valence electrons. The fourth-order valence-corrected chi connectivity index (χ4v) is 4.36. The Morgan fingerprint density at radius 3 is 2.59 bits per heavy atom. The summed E-state index contributed by atoms with van der Waals surface area (Å²) in [6.45, 7) is 1.01. The molecule has 0 aliphatic rings. The predicted octanol–water partition coefficient (Wildman–Crippen LogP) is 3.61. The van der Waals surface area contributed by atoms with Crippen LogP contribution >= 0.6 is 0 Å². The number of nitriles is 1. The quantitative estimate of drug-likeness (QED) is 0.537. The van der Waals surface area contributed by atoms with E-state index in [4.69, 9.17) is 15.1 Å². The Balaban J connectivity index is 1.96. The summed E-state index contributed by atoms with van der Waals surface area (Å²) in [6, 6.07) is 16.7. The first kappa shape index (κ1) is 22.9. The molecule has 0 radical (unpaired) electrons. The zero-order valence-corrected chi connectivity index (χ0v) is 17.8. The van der Waals surface area contributed by atoms with E-state index >= 15 is 0 Å². The number of hydrogen-bond acceptors (Lipinski definition) is 5. The molecule has 9 heteroatoms. The molecule has 0 aliphatic heterocycles. The number of aliphatic carboxylic acids is 1. The van der Waals surface area contributed by atoms with Crippen LogP contribution in [0, 0.1) is 24.1 Å². The summed E-state index contributed by atoms with van der Waals surface area (Å²) in [6.07, 6.45) is 0. The number of carboxylic acid groups (broad SMARTS) is 1. The Bertz CT molecular complexity index is 1320. The Labute approximate surface area is 184 Å². The van der Waals surface area contributed by atoms with Crippen LogP contribution in [0.2, 0.25) is 0 Å². The molecule has 0 unspecified atom stereocenters. The Hall–Kier alpha value is -3.74. The first-order valence-corrected chi connectivity index (χ1v) is 10.9. The maximum absolute atomic E-state index is 14.0. The normalized spacial score (nSPS) is 11.0. The van der Waals surface area contributed by atoms with Crippen LogP contribution in [0.25, 0.3) is 11.1 Å². The van der Waals surface area contributed by atoms with E-state index in [2.05, 4.69) is 4.72 Å². The van der Waals surface area contributed by atoms with E-state index in [0.717, 1.165) is 6.07 Å². The molecule has 7 nitrogen and oxygen atoms in total. The second-order valence-corrected chi connectivity index (χ2v) is 8.68. The SMILES string of the molecule is Cc1ccccc1S(=O)(=O)NCc1ccc(OCC(=O)O)c(-c2cc(F)cc(C#N)c2)c1. The number of sulfonamides is 1. The van der Waals surface area contributed by atoms with Gasteiger partial charge in [-0.1, -0.05) is 24.3 Å².